The number of hydrogen-bond acceptors (Lipinski definition) is 4. The zero-order valence-electron chi connectivity index (χ0n) is 23.5. The van der Waals surface area contributed by atoms with Crippen molar-refractivity contribution in [1.29, 1.82) is 5.26 Å². The number of H-pyrrole nitrogens is 1. The van der Waals surface area contributed by atoms with Crippen molar-refractivity contribution in [2.45, 2.75) is 47.6 Å². The highest BCUT2D eigenvalue weighted by molar-refractivity contribution is 6.35. The summed E-state index contributed by atoms with van der Waals surface area (Å²) >= 11 is 0. The molecule has 3 aromatic rings. The van der Waals surface area contributed by atoms with Crippen LogP contribution in [0.15, 0.2) is 60.2 Å². The molecule has 1 atom stereocenters. The molecule has 0 spiro atoms. The van der Waals surface area contributed by atoms with Crippen LogP contribution in [0.5, 0.6) is 0 Å². The third-order valence-electron chi connectivity index (χ3n) is 6.66. The molecule has 0 fully saturated rings. The van der Waals surface area contributed by atoms with Crippen LogP contribution >= 0.6 is 0 Å². The number of anilines is 2. The van der Waals surface area contributed by atoms with Gasteiger partial charge in [-0.15, -0.1) is 0 Å². The van der Waals surface area contributed by atoms with Crippen molar-refractivity contribution in [2.75, 3.05) is 10.6 Å². The summed E-state index contributed by atoms with van der Waals surface area (Å²) in [5.74, 6) is -1.03. The van der Waals surface area contributed by atoms with Gasteiger partial charge in [-0.05, 0) is 61.6 Å². The van der Waals surface area contributed by atoms with Gasteiger partial charge in [0.05, 0.1) is 17.3 Å². The lowest BCUT2D eigenvalue weighted by atomic mass is 9.93. The number of aromatic amines is 1. The van der Waals surface area contributed by atoms with Crippen LogP contribution in [-0.2, 0) is 9.59 Å². The molecule has 1 unspecified atom stereocenters. The summed E-state index contributed by atoms with van der Waals surface area (Å²) in [6.07, 6.45) is 3.35. The van der Waals surface area contributed by atoms with Crippen molar-refractivity contribution < 1.29 is 14.4 Å². The zero-order valence-corrected chi connectivity index (χ0v) is 23.5. The summed E-state index contributed by atoms with van der Waals surface area (Å²) < 4.78 is 0. The molecule has 0 bridgehead atoms. The monoisotopic (exact) mass is 535 g/mol. The van der Waals surface area contributed by atoms with Crippen molar-refractivity contribution >= 4 is 40.7 Å². The van der Waals surface area contributed by atoms with Crippen LogP contribution in [0.2, 0.25) is 0 Å². The number of fused-ring (bicyclic) bond motifs is 1. The number of benzene rings is 2. The average Bonchev–Trinajstić information content (AvgIpc) is 3.36. The summed E-state index contributed by atoms with van der Waals surface area (Å²) in [7, 11) is 0. The molecule has 0 saturated carbocycles. The second-order valence-corrected chi connectivity index (χ2v) is 11.0. The molecule has 0 saturated heterocycles. The highest BCUT2D eigenvalue weighted by atomic mass is 16.2. The molecule has 4 rings (SSSR count). The predicted molar refractivity (Wildman–Crippen MR) is 157 cm³/mol. The summed E-state index contributed by atoms with van der Waals surface area (Å²) in [4.78, 5) is 42.0. The molecule has 8 heteroatoms. The summed E-state index contributed by atoms with van der Waals surface area (Å²) in [5.41, 5.74) is 5.34. The fourth-order valence-corrected chi connectivity index (χ4v) is 4.59. The number of rotatable bonds is 6. The molecule has 8 nitrogen and oxygen atoms in total. The Morgan fingerprint density at radius 1 is 1.07 bits per heavy atom. The van der Waals surface area contributed by atoms with Gasteiger partial charge in [-0.1, -0.05) is 57.2 Å². The standard InChI is InChI=1S/C32H33N5O3/c1-18-27(34-20(3)28(18)37-30(39)23(17-33)16-32(4,5)6)15-25-24-14-22(12-13-26(24)36-31(25)40)29(38)35-19(2)21-10-8-7-9-11-21/h7-16,19,34H,1-6H3,(H,35,38)(H,36,40)(H,37,39)/b23-16+,25-15-. The van der Waals surface area contributed by atoms with E-state index in [1.54, 1.807) is 30.4 Å². The van der Waals surface area contributed by atoms with Crippen molar-refractivity contribution in [2.24, 2.45) is 5.41 Å². The first kappa shape index (κ1) is 28.1. The van der Waals surface area contributed by atoms with Gasteiger partial charge in [-0.3, -0.25) is 14.4 Å². The molecular weight excluding hydrogens is 502 g/mol. The number of carbonyl (C=O) groups is 3. The van der Waals surface area contributed by atoms with Gasteiger partial charge in [0, 0.05) is 28.2 Å². The van der Waals surface area contributed by atoms with Crippen LogP contribution in [0.25, 0.3) is 11.6 Å². The van der Waals surface area contributed by atoms with E-state index in [2.05, 4.69) is 20.9 Å². The maximum atomic E-state index is 13.0. The van der Waals surface area contributed by atoms with E-state index in [0.717, 1.165) is 11.1 Å². The first-order valence-electron chi connectivity index (χ1n) is 13.0. The number of carbonyl (C=O) groups excluding carboxylic acids is 3. The van der Waals surface area contributed by atoms with Crippen LogP contribution in [0.3, 0.4) is 0 Å². The van der Waals surface area contributed by atoms with Crippen molar-refractivity contribution in [3.05, 3.63) is 93.8 Å². The molecule has 204 valence electrons. The Bertz CT molecular complexity index is 1600. The fraction of sp³-hybridized carbons (Fsp3) is 0.250. The lowest BCUT2D eigenvalue weighted by molar-refractivity contribution is -0.112. The molecule has 2 aromatic carbocycles. The van der Waals surface area contributed by atoms with Crippen LogP contribution in [0.4, 0.5) is 11.4 Å². The van der Waals surface area contributed by atoms with Gasteiger partial charge in [0.1, 0.15) is 11.6 Å². The second-order valence-electron chi connectivity index (χ2n) is 11.0. The predicted octanol–water partition coefficient (Wildman–Crippen LogP) is 6.05. The molecule has 40 heavy (non-hydrogen) atoms. The first-order chi connectivity index (χ1) is 18.9. The number of aromatic nitrogens is 1. The molecule has 2 heterocycles. The molecule has 1 aliphatic rings. The summed E-state index contributed by atoms with van der Waals surface area (Å²) in [6.45, 7) is 11.3. The maximum Gasteiger partial charge on any atom is 0.266 e. The van der Waals surface area contributed by atoms with Crippen LogP contribution in [0, 0.1) is 30.6 Å². The van der Waals surface area contributed by atoms with Gasteiger partial charge in [0.25, 0.3) is 17.7 Å². The van der Waals surface area contributed by atoms with E-state index in [9.17, 15) is 19.6 Å². The van der Waals surface area contributed by atoms with Crippen molar-refractivity contribution in [1.82, 2.24) is 10.3 Å². The topological polar surface area (TPSA) is 127 Å². The molecule has 1 aliphatic heterocycles. The van der Waals surface area contributed by atoms with E-state index in [-0.39, 0.29) is 28.8 Å². The Morgan fingerprint density at radius 2 is 1.77 bits per heavy atom. The number of nitrogens with zero attached hydrogens (tertiary/aromatic N) is 1. The van der Waals surface area contributed by atoms with E-state index in [1.165, 1.54) is 0 Å². The van der Waals surface area contributed by atoms with Crippen molar-refractivity contribution in [3.63, 3.8) is 0 Å². The number of hydrogen-bond donors (Lipinski definition) is 4. The normalized spacial score (nSPS) is 14.8. The van der Waals surface area contributed by atoms with E-state index < -0.39 is 5.91 Å². The lowest BCUT2D eigenvalue weighted by Crippen LogP contribution is -2.26. The highest BCUT2D eigenvalue weighted by Crippen LogP contribution is 2.35. The van der Waals surface area contributed by atoms with Crippen LogP contribution in [0.1, 0.15) is 72.2 Å². The third-order valence-corrected chi connectivity index (χ3v) is 6.66. The molecule has 0 aliphatic carbocycles. The van der Waals surface area contributed by atoms with Gasteiger partial charge in [0.2, 0.25) is 0 Å². The molecule has 4 N–H and O–H groups in total. The van der Waals surface area contributed by atoms with E-state index in [4.69, 9.17) is 0 Å². The SMILES string of the molecule is Cc1[nH]c(/C=C2\C(=O)Nc3ccc(C(=O)NC(C)c4ccccc4)cc32)c(C)c1NC(=O)/C(C#N)=C/C(C)(C)C. The number of aryl methyl sites for hydroxylation is 1. The fourth-order valence-electron chi connectivity index (χ4n) is 4.59. The summed E-state index contributed by atoms with van der Waals surface area (Å²) in [6, 6.07) is 16.6. The largest absolute Gasteiger partial charge is 0.357 e. The number of amides is 3. The van der Waals surface area contributed by atoms with E-state index in [1.807, 2.05) is 77.9 Å². The molecule has 1 aromatic heterocycles. The van der Waals surface area contributed by atoms with Gasteiger partial charge >= 0.3 is 0 Å². The quantitative estimate of drug-likeness (QED) is 0.226. The average molecular weight is 536 g/mol. The maximum absolute atomic E-state index is 13.0. The Balaban J connectivity index is 1.61. The Morgan fingerprint density at radius 3 is 2.42 bits per heavy atom. The van der Waals surface area contributed by atoms with Gasteiger partial charge in [0.15, 0.2) is 0 Å². The molecular formula is C32H33N5O3. The van der Waals surface area contributed by atoms with Crippen LogP contribution in [-0.4, -0.2) is 22.7 Å². The number of nitrogens with one attached hydrogen (secondary N) is 4. The third kappa shape index (κ3) is 6.05. The smallest absolute Gasteiger partial charge is 0.266 e. The lowest BCUT2D eigenvalue weighted by Gasteiger charge is -2.14. The Kier molecular flexibility index (Phi) is 7.78. The minimum absolute atomic E-state index is 0.0314. The molecule has 3 amide bonds. The minimum atomic E-state index is -0.494. The Labute approximate surface area is 234 Å². The zero-order chi connectivity index (χ0) is 29.2. The van der Waals surface area contributed by atoms with Gasteiger partial charge in [-0.2, -0.15) is 5.26 Å². The molecule has 0 radical (unpaired) electrons. The highest BCUT2D eigenvalue weighted by Gasteiger charge is 2.27. The van der Waals surface area contributed by atoms with Crippen LogP contribution < -0.4 is 16.0 Å². The van der Waals surface area contributed by atoms with E-state index >= 15 is 0 Å². The summed E-state index contributed by atoms with van der Waals surface area (Å²) in [5, 5.41) is 18.2. The van der Waals surface area contributed by atoms with Crippen molar-refractivity contribution in [3.8, 4) is 6.07 Å². The van der Waals surface area contributed by atoms with Gasteiger partial charge in [-0.25, -0.2) is 0 Å². The second kappa shape index (κ2) is 11.1. The number of allylic oxidation sites excluding steroid dienone is 1. The van der Waals surface area contributed by atoms with Gasteiger partial charge < -0.3 is 20.9 Å². The van der Waals surface area contributed by atoms with E-state index in [0.29, 0.717) is 39.5 Å². The number of nitriles is 1. The Hall–Kier alpha value is -4.90. The first-order valence-corrected chi connectivity index (χ1v) is 13.0. The minimum Gasteiger partial charge on any atom is -0.357 e.